The van der Waals surface area contributed by atoms with Crippen molar-refractivity contribution in [3.8, 4) is 0 Å². The lowest BCUT2D eigenvalue weighted by Gasteiger charge is -2.25. The minimum absolute atomic E-state index is 0.126. The number of rotatable bonds is 0. The first kappa shape index (κ1) is 11.6. The normalized spacial score (nSPS) is 24.2. The number of esters is 1. The Morgan fingerprint density at radius 3 is 2.56 bits per heavy atom. The second-order valence-electron chi connectivity index (χ2n) is 3.19. The highest BCUT2D eigenvalue weighted by atomic mass is 127. The number of alkyl halides is 3. The molecule has 0 aliphatic carbocycles. The van der Waals surface area contributed by atoms with Gasteiger partial charge in [-0.25, -0.2) is 4.79 Å². The zero-order valence-electron chi connectivity index (χ0n) is 7.51. The maximum absolute atomic E-state index is 12.6. The molecule has 1 aromatic rings. The fraction of sp³-hybridized carbons (Fsp3) is 0.222. The summed E-state index contributed by atoms with van der Waals surface area (Å²) < 4.78 is 42.1. The number of ether oxygens (including phenoxy) is 1. The second-order valence-corrected chi connectivity index (χ2v) is 4.36. The SMILES string of the molecule is O=C1O[C@@](O)(C(F)(F)F)c2c(I)cccc21. The zero-order valence-corrected chi connectivity index (χ0v) is 9.67. The Morgan fingerprint density at radius 2 is 2.00 bits per heavy atom. The van der Waals surface area contributed by atoms with E-state index in [1.54, 1.807) is 22.6 Å². The van der Waals surface area contributed by atoms with Crippen LogP contribution in [0.5, 0.6) is 0 Å². The average Bonchev–Trinajstić information content (AvgIpc) is 2.40. The number of halogens is 4. The molecule has 1 aromatic carbocycles. The molecule has 1 heterocycles. The molecular formula is C9H4F3IO3. The van der Waals surface area contributed by atoms with Crippen LogP contribution in [0.3, 0.4) is 0 Å². The highest BCUT2D eigenvalue weighted by molar-refractivity contribution is 14.1. The minimum Gasteiger partial charge on any atom is -0.415 e. The van der Waals surface area contributed by atoms with Crippen LogP contribution in [-0.2, 0) is 10.5 Å². The molecule has 0 bridgehead atoms. The van der Waals surface area contributed by atoms with Crippen molar-refractivity contribution >= 4 is 28.6 Å². The molecule has 3 nitrogen and oxygen atoms in total. The van der Waals surface area contributed by atoms with Gasteiger partial charge in [0.2, 0.25) is 0 Å². The quantitative estimate of drug-likeness (QED) is 0.580. The van der Waals surface area contributed by atoms with E-state index < -0.39 is 23.5 Å². The molecular weight excluding hydrogens is 340 g/mol. The molecule has 1 aliphatic heterocycles. The van der Waals surface area contributed by atoms with Gasteiger partial charge in [0.15, 0.2) is 0 Å². The molecule has 0 saturated heterocycles. The van der Waals surface area contributed by atoms with E-state index in [1.165, 1.54) is 18.2 Å². The summed E-state index contributed by atoms with van der Waals surface area (Å²) in [5.41, 5.74) is -0.792. The van der Waals surface area contributed by atoms with Crippen molar-refractivity contribution in [3.63, 3.8) is 0 Å². The number of cyclic esters (lactones) is 1. The summed E-state index contributed by atoms with van der Waals surface area (Å²) in [5.74, 6) is -4.70. The topological polar surface area (TPSA) is 46.5 Å². The molecule has 1 atom stereocenters. The molecule has 16 heavy (non-hydrogen) atoms. The summed E-state index contributed by atoms with van der Waals surface area (Å²) in [6.45, 7) is 0. The summed E-state index contributed by atoms with van der Waals surface area (Å²) in [5, 5.41) is 9.46. The number of hydrogen-bond acceptors (Lipinski definition) is 3. The zero-order chi connectivity index (χ0) is 12.1. The summed E-state index contributed by atoms with van der Waals surface area (Å²) in [6, 6.07) is 3.96. The molecule has 0 radical (unpaired) electrons. The van der Waals surface area contributed by atoms with Crippen molar-refractivity contribution in [2.75, 3.05) is 0 Å². The smallest absolute Gasteiger partial charge is 0.415 e. The standard InChI is InChI=1S/C9H4F3IO3/c10-9(11,12)8(15)6-4(7(14)16-8)2-1-3-5(6)13/h1-3,15H/t8-/m1/s1. The predicted molar refractivity (Wildman–Crippen MR) is 54.5 cm³/mol. The maximum atomic E-state index is 12.6. The van der Waals surface area contributed by atoms with E-state index in [0.717, 1.165) is 0 Å². The molecule has 0 saturated carbocycles. The third-order valence-corrected chi connectivity index (χ3v) is 3.10. The molecule has 0 amide bonds. The lowest BCUT2D eigenvalue weighted by atomic mass is 10.0. The first-order valence-electron chi connectivity index (χ1n) is 4.09. The van der Waals surface area contributed by atoms with Crippen molar-refractivity contribution in [2.24, 2.45) is 0 Å². The molecule has 1 aliphatic rings. The Bertz CT molecular complexity index is 472. The number of carbonyl (C=O) groups is 1. The molecule has 0 fully saturated rings. The van der Waals surface area contributed by atoms with Crippen LogP contribution in [0.25, 0.3) is 0 Å². The Hall–Kier alpha value is -0.830. The fourth-order valence-corrected chi connectivity index (χ4v) is 2.34. The lowest BCUT2D eigenvalue weighted by Crippen LogP contribution is -2.42. The lowest BCUT2D eigenvalue weighted by molar-refractivity contribution is -0.349. The van der Waals surface area contributed by atoms with Crippen LogP contribution in [0.4, 0.5) is 13.2 Å². The molecule has 0 unspecified atom stereocenters. The molecule has 2 rings (SSSR count). The van der Waals surface area contributed by atoms with E-state index in [0.29, 0.717) is 0 Å². The summed E-state index contributed by atoms with van der Waals surface area (Å²) in [6.07, 6.45) is -5.06. The Labute approximate surface area is 101 Å². The van der Waals surface area contributed by atoms with Crippen molar-refractivity contribution in [3.05, 3.63) is 32.9 Å². The van der Waals surface area contributed by atoms with Gasteiger partial charge >= 0.3 is 17.9 Å². The molecule has 0 spiro atoms. The Morgan fingerprint density at radius 1 is 1.38 bits per heavy atom. The van der Waals surface area contributed by atoms with Crippen LogP contribution in [-0.4, -0.2) is 17.3 Å². The average molecular weight is 344 g/mol. The van der Waals surface area contributed by atoms with Gasteiger partial charge < -0.3 is 9.84 Å². The van der Waals surface area contributed by atoms with Gasteiger partial charge in [0.25, 0.3) is 0 Å². The van der Waals surface area contributed by atoms with Crippen LogP contribution in [0.15, 0.2) is 18.2 Å². The molecule has 1 N–H and O–H groups in total. The van der Waals surface area contributed by atoms with Crippen LogP contribution < -0.4 is 0 Å². The maximum Gasteiger partial charge on any atom is 0.460 e. The van der Waals surface area contributed by atoms with Crippen molar-refractivity contribution < 1.29 is 27.8 Å². The van der Waals surface area contributed by atoms with E-state index >= 15 is 0 Å². The molecule has 7 heteroatoms. The predicted octanol–water partition coefficient (Wildman–Crippen LogP) is 2.17. The summed E-state index contributed by atoms with van der Waals surface area (Å²) >= 11 is 1.61. The van der Waals surface area contributed by atoms with Gasteiger partial charge in [-0.1, -0.05) is 6.07 Å². The Balaban J connectivity index is 2.72. The van der Waals surface area contributed by atoms with Crippen molar-refractivity contribution in [1.82, 2.24) is 0 Å². The Kier molecular flexibility index (Phi) is 2.42. The van der Waals surface area contributed by atoms with Crippen molar-refractivity contribution in [1.29, 1.82) is 0 Å². The largest absolute Gasteiger partial charge is 0.460 e. The van der Waals surface area contributed by atoms with Gasteiger partial charge in [0.1, 0.15) is 0 Å². The minimum atomic E-state index is -5.06. The second kappa shape index (κ2) is 3.33. The van der Waals surface area contributed by atoms with Crippen molar-refractivity contribution in [2.45, 2.75) is 12.0 Å². The van der Waals surface area contributed by atoms with E-state index in [9.17, 15) is 23.1 Å². The monoisotopic (exact) mass is 344 g/mol. The third-order valence-electron chi connectivity index (χ3n) is 2.20. The van der Waals surface area contributed by atoms with Gasteiger partial charge in [-0.3, -0.25) is 0 Å². The van der Waals surface area contributed by atoms with E-state index in [2.05, 4.69) is 4.74 Å². The van der Waals surface area contributed by atoms with Crippen LogP contribution in [0.2, 0.25) is 0 Å². The summed E-state index contributed by atoms with van der Waals surface area (Å²) in [7, 11) is 0. The highest BCUT2D eigenvalue weighted by Gasteiger charge is 2.64. The number of aliphatic hydroxyl groups is 1. The fourth-order valence-electron chi connectivity index (χ4n) is 1.48. The summed E-state index contributed by atoms with van der Waals surface area (Å²) in [4.78, 5) is 11.2. The molecule has 0 aromatic heterocycles. The van der Waals surface area contributed by atoms with E-state index in [-0.39, 0.29) is 9.13 Å². The number of carbonyl (C=O) groups excluding carboxylic acids is 1. The van der Waals surface area contributed by atoms with Gasteiger partial charge in [-0.2, -0.15) is 13.2 Å². The highest BCUT2D eigenvalue weighted by Crippen LogP contribution is 2.47. The van der Waals surface area contributed by atoms with E-state index in [4.69, 9.17) is 0 Å². The van der Waals surface area contributed by atoms with Gasteiger partial charge in [0.05, 0.1) is 11.1 Å². The number of fused-ring (bicyclic) bond motifs is 1. The third kappa shape index (κ3) is 1.41. The van der Waals surface area contributed by atoms with Crippen LogP contribution in [0.1, 0.15) is 15.9 Å². The number of benzene rings is 1. The van der Waals surface area contributed by atoms with Gasteiger partial charge in [-0.05, 0) is 34.7 Å². The van der Waals surface area contributed by atoms with Gasteiger partial charge in [-0.15, -0.1) is 0 Å². The van der Waals surface area contributed by atoms with E-state index in [1.807, 2.05) is 0 Å². The number of hydrogen-bond donors (Lipinski definition) is 1. The first-order valence-corrected chi connectivity index (χ1v) is 5.16. The molecule has 86 valence electrons. The first-order chi connectivity index (χ1) is 7.27. The van der Waals surface area contributed by atoms with Crippen LogP contribution >= 0.6 is 22.6 Å². The van der Waals surface area contributed by atoms with Crippen LogP contribution in [0, 0.1) is 3.57 Å². The van der Waals surface area contributed by atoms with Gasteiger partial charge in [0, 0.05) is 3.57 Å².